The van der Waals surface area contributed by atoms with Crippen molar-refractivity contribution in [3.63, 3.8) is 0 Å². The van der Waals surface area contributed by atoms with Gasteiger partial charge in [-0.05, 0) is 49.4 Å². The molecule has 2 aromatic rings. The molecule has 1 unspecified atom stereocenters. The number of carbonyl (C=O) groups is 1. The fourth-order valence-corrected chi connectivity index (χ4v) is 3.07. The fourth-order valence-electron chi connectivity index (χ4n) is 3.07. The van der Waals surface area contributed by atoms with Gasteiger partial charge in [-0.2, -0.15) is 0 Å². The van der Waals surface area contributed by atoms with E-state index >= 15 is 0 Å². The van der Waals surface area contributed by atoms with Gasteiger partial charge in [0.05, 0.1) is 5.69 Å². The zero-order valence-corrected chi connectivity index (χ0v) is 13.9. The van der Waals surface area contributed by atoms with Crippen LogP contribution in [0.1, 0.15) is 19.8 Å². The average Bonchev–Trinajstić information content (AvgIpc) is 2.63. The van der Waals surface area contributed by atoms with E-state index in [0.29, 0.717) is 5.92 Å². The van der Waals surface area contributed by atoms with Crippen LogP contribution in [0.5, 0.6) is 0 Å². The molecule has 24 heavy (non-hydrogen) atoms. The van der Waals surface area contributed by atoms with Gasteiger partial charge >= 0.3 is 6.03 Å². The molecule has 1 aliphatic rings. The molecule has 1 atom stereocenters. The van der Waals surface area contributed by atoms with Gasteiger partial charge in [0.15, 0.2) is 0 Å². The van der Waals surface area contributed by atoms with Crippen LogP contribution in [0.4, 0.5) is 10.5 Å². The Morgan fingerprint density at radius 2 is 1.88 bits per heavy atom. The number of ether oxygens (including phenoxy) is 1. The van der Waals surface area contributed by atoms with Crippen molar-refractivity contribution in [3.05, 3.63) is 48.8 Å². The Hall–Kier alpha value is -2.40. The van der Waals surface area contributed by atoms with Crippen molar-refractivity contribution in [2.24, 2.45) is 5.92 Å². The quantitative estimate of drug-likeness (QED) is 0.901. The molecule has 2 heterocycles. The number of benzene rings is 1. The average molecular weight is 325 g/mol. The second-order valence-corrected chi connectivity index (χ2v) is 6.12. The van der Waals surface area contributed by atoms with Gasteiger partial charge in [-0.1, -0.05) is 18.2 Å². The van der Waals surface area contributed by atoms with Crippen LogP contribution in [0.3, 0.4) is 0 Å². The van der Waals surface area contributed by atoms with Crippen LogP contribution < -0.4 is 10.6 Å². The van der Waals surface area contributed by atoms with Gasteiger partial charge in [0.25, 0.3) is 0 Å². The first-order valence-corrected chi connectivity index (χ1v) is 8.39. The normalized spacial score (nSPS) is 16.4. The fraction of sp³-hybridized carbons (Fsp3) is 0.368. The van der Waals surface area contributed by atoms with Gasteiger partial charge in [0.2, 0.25) is 0 Å². The highest BCUT2D eigenvalue weighted by molar-refractivity contribution is 5.94. The number of hydrogen-bond acceptors (Lipinski definition) is 3. The molecular weight excluding hydrogens is 302 g/mol. The highest BCUT2D eigenvalue weighted by atomic mass is 16.5. The standard InChI is InChI=1S/C19H23N3O2/c1-14(15-8-12-24-13-9-15)21-19(23)22-18-5-3-2-4-17(18)16-6-10-20-11-7-16/h2-7,10-11,14-15H,8-9,12-13H2,1H3,(H2,21,22,23). The minimum atomic E-state index is -0.171. The number of anilines is 1. The molecule has 0 spiro atoms. The van der Waals surface area contributed by atoms with E-state index in [1.165, 1.54) is 0 Å². The number of nitrogens with zero attached hydrogens (tertiary/aromatic N) is 1. The molecule has 0 aliphatic carbocycles. The molecule has 2 amide bonds. The Morgan fingerprint density at radius 1 is 1.17 bits per heavy atom. The number of pyridine rings is 1. The third-order valence-corrected chi connectivity index (χ3v) is 4.50. The first-order chi connectivity index (χ1) is 11.7. The van der Waals surface area contributed by atoms with Crippen LogP contribution >= 0.6 is 0 Å². The molecule has 1 saturated heterocycles. The maximum Gasteiger partial charge on any atom is 0.319 e. The monoisotopic (exact) mass is 325 g/mol. The number of rotatable bonds is 4. The zero-order valence-electron chi connectivity index (χ0n) is 13.9. The van der Waals surface area contributed by atoms with Crippen molar-refractivity contribution >= 4 is 11.7 Å². The smallest absolute Gasteiger partial charge is 0.319 e. The number of nitrogens with one attached hydrogen (secondary N) is 2. The number of aromatic nitrogens is 1. The van der Waals surface area contributed by atoms with Crippen LogP contribution in [-0.4, -0.2) is 30.3 Å². The van der Waals surface area contributed by atoms with Crippen LogP contribution in [0, 0.1) is 5.92 Å². The zero-order chi connectivity index (χ0) is 16.8. The number of hydrogen-bond donors (Lipinski definition) is 2. The van der Waals surface area contributed by atoms with Gasteiger partial charge in [0, 0.05) is 37.2 Å². The Kier molecular flexibility index (Phi) is 5.43. The molecule has 1 aromatic carbocycles. The van der Waals surface area contributed by atoms with Crippen molar-refractivity contribution in [2.75, 3.05) is 18.5 Å². The van der Waals surface area contributed by atoms with Crippen molar-refractivity contribution in [3.8, 4) is 11.1 Å². The molecule has 126 valence electrons. The Balaban J connectivity index is 1.66. The molecular formula is C19H23N3O2. The number of amides is 2. The summed E-state index contributed by atoms with van der Waals surface area (Å²) in [4.78, 5) is 16.4. The predicted octanol–water partition coefficient (Wildman–Crippen LogP) is 3.69. The van der Waals surface area contributed by atoms with Gasteiger partial charge in [-0.15, -0.1) is 0 Å². The molecule has 1 aromatic heterocycles. The van der Waals surface area contributed by atoms with E-state index in [1.54, 1.807) is 12.4 Å². The van der Waals surface area contributed by atoms with Crippen molar-refractivity contribution in [2.45, 2.75) is 25.8 Å². The lowest BCUT2D eigenvalue weighted by molar-refractivity contribution is 0.0573. The highest BCUT2D eigenvalue weighted by Gasteiger charge is 2.22. The largest absolute Gasteiger partial charge is 0.381 e. The van der Waals surface area contributed by atoms with Crippen LogP contribution in [0.15, 0.2) is 48.8 Å². The summed E-state index contributed by atoms with van der Waals surface area (Å²) in [6, 6.07) is 11.6. The summed E-state index contributed by atoms with van der Waals surface area (Å²) in [5.41, 5.74) is 2.80. The predicted molar refractivity (Wildman–Crippen MR) is 94.8 cm³/mol. The van der Waals surface area contributed by atoms with E-state index in [4.69, 9.17) is 4.74 Å². The number of carbonyl (C=O) groups excluding carboxylic acids is 1. The second kappa shape index (κ2) is 7.93. The Labute approximate surface area is 142 Å². The topological polar surface area (TPSA) is 63.2 Å². The van der Waals surface area contributed by atoms with E-state index in [2.05, 4.69) is 22.5 Å². The SMILES string of the molecule is CC(NC(=O)Nc1ccccc1-c1ccncc1)C1CCOCC1. The summed E-state index contributed by atoms with van der Waals surface area (Å²) < 4.78 is 5.38. The van der Waals surface area contributed by atoms with Crippen LogP contribution in [0.25, 0.3) is 11.1 Å². The molecule has 0 saturated carbocycles. The summed E-state index contributed by atoms with van der Waals surface area (Å²) in [5.74, 6) is 0.472. The van der Waals surface area contributed by atoms with Gasteiger partial charge in [0.1, 0.15) is 0 Å². The maximum atomic E-state index is 12.4. The van der Waals surface area contributed by atoms with E-state index < -0.39 is 0 Å². The summed E-state index contributed by atoms with van der Waals surface area (Å²) in [7, 11) is 0. The Morgan fingerprint density at radius 3 is 2.62 bits per heavy atom. The highest BCUT2D eigenvalue weighted by Crippen LogP contribution is 2.27. The molecule has 3 rings (SSSR count). The molecule has 1 aliphatic heterocycles. The van der Waals surface area contributed by atoms with Gasteiger partial charge < -0.3 is 15.4 Å². The summed E-state index contributed by atoms with van der Waals surface area (Å²) in [6.45, 7) is 3.62. The molecule has 5 nitrogen and oxygen atoms in total. The Bertz CT molecular complexity index is 669. The van der Waals surface area contributed by atoms with Crippen LogP contribution in [0.2, 0.25) is 0 Å². The first-order valence-electron chi connectivity index (χ1n) is 8.39. The minimum Gasteiger partial charge on any atom is -0.381 e. The lowest BCUT2D eigenvalue weighted by Crippen LogP contribution is -2.42. The third-order valence-electron chi connectivity index (χ3n) is 4.50. The minimum absolute atomic E-state index is 0.127. The number of urea groups is 1. The lowest BCUT2D eigenvalue weighted by atomic mass is 9.93. The lowest BCUT2D eigenvalue weighted by Gasteiger charge is -2.28. The molecule has 0 bridgehead atoms. The van der Waals surface area contributed by atoms with E-state index in [9.17, 15) is 4.79 Å². The van der Waals surface area contributed by atoms with E-state index in [0.717, 1.165) is 42.9 Å². The molecule has 5 heteroatoms. The van der Waals surface area contributed by atoms with Crippen molar-refractivity contribution < 1.29 is 9.53 Å². The third kappa shape index (κ3) is 4.11. The number of para-hydroxylation sites is 1. The van der Waals surface area contributed by atoms with Gasteiger partial charge in [-0.3, -0.25) is 4.98 Å². The summed E-state index contributed by atoms with van der Waals surface area (Å²) in [6.07, 6.45) is 5.49. The van der Waals surface area contributed by atoms with Crippen molar-refractivity contribution in [1.29, 1.82) is 0 Å². The van der Waals surface area contributed by atoms with E-state index in [-0.39, 0.29) is 12.1 Å². The summed E-state index contributed by atoms with van der Waals surface area (Å²) >= 11 is 0. The van der Waals surface area contributed by atoms with E-state index in [1.807, 2.05) is 36.4 Å². The molecule has 0 radical (unpaired) electrons. The van der Waals surface area contributed by atoms with Gasteiger partial charge in [-0.25, -0.2) is 4.79 Å². The van der Waals surface area contributed by atoms with Crippen LogP contribution in [-0.2, 0) is 4.74 Å². The maximum absolute atomic E-state index is 12.4. The second-order valence-electron chi connectivity index (χ2n) is 6.12. The molecule has 2 N–H and O–H groups in total. The van der Waals surface area contributed by atoms with Crippen molar-refractivity contribution in [1.82, 2.24) is 10.3 Å². The first kappa shape index (κ1) is 16.5. The summed E-state index contributed by atoms with van der Waals surface area (Å²) in [5, 5.41) is 6.04. The molecule has 1 fully saturated rings.